The third-order valence-electron chi connectivity index (χ3n) is 3.57. The molecule has 1 fully saturated rings. The van der Waals surface area contributed by atoms with Crippen LogP contribution in [-0.2, 0) is 0 Å². The van der Waals surface area contributed by atoms with Crippen LogP contribution < -0.4 is 5.32 Å². The number of nitro benzene ring substituents is 1. The van der Waals surface area contributed by atoms with E-state index >= 15 is 0 Å². The molecular formula is C13H15ClF3N3O2. The molecule has 0 aliphatic carbocycles. The second-order valence-electron chi connectivity index (χ2n) is 5.08. The van der Waals surface area contributed by atoms with E-state index in [2.05, 4.69) is 5.32 Å². The zero-order chi connectivity index (χ0) is 16.3. The number of alkyl halides is 3. The molecular weight excluding hydrogens is 323 g/mol. The van der Waals surface area contributed by atoms with E-state index < -0.39 is 23.6 Å². The van der Waals surface area contributed by atoms with Crippen molar-refractivity contribution in [1.29, 1.82) is 0 Å². The second-order valence-corrected chi connectivity index (χ2v) is 5.49. The lowest BCUT2D eigenvalue weighted by molar-refractivity contribution is -0.385. The molecule has 0 spiro atoms. The Labute approximate surface area is 130 Å². The molecule has 1 aromatic carbocycles. The first-order chi connectivity index (χ1) is 10.3. The third kappa shape index (κ3) is 4.31. The fraction of sp³-hybridized carbons (Fsp3) is 0.538. The maximum Gasteiger partial charge on any atom is 0.390 e. The molecule has 5 nitrogen and oxygen atoms in total. The summed E-state index contributed by atoms with van der Waals surface area (Å²) in [6.07, 6.45) is -5.47. The molecule has 1 N–H and O–H groups in total. The molecule has 1 atom stereocenters. The fourth-order valence-electron chi connectivity index (χ4n) is 2.55. The Hall–Kier alpha value is -1.38. The van der Waals surface area contributed by atoms with Crippen molar-refractivity contribution in [1.82, 2.24) is 10.2 Å². The summed E-state index contributed by atoms with van der Waals surface area (Å²) in [4.78, 5) is 11.9. The number of nitrogens with one attached hydrogen (secondary N) is 1. The van der Waals surface area contributed by atoms with E-state index in [9.17, 15) is 23.3 Å². The summed E-state index contributed by atoms with van der Waals surface area (Å²) in [5.41, 5.74) is -0.114. The van der Waals surface area contributed by atoms with E-state index in [4.69, 9.17) is 11.6 Å². The molecule has 1 aliphatic heterocycles. The minimum Gasteiger partial charge on any atom is -0.314 e. The van der Waals surface area contributed by atoms with Gasteiger partial charge in [-0.2, -0.15) is 13.2 Å². The van der Waals surface area contributed by atoms with Gasteiger partial charge in [-0.25, -0.2) is 0 Å². The number of non-ortho nitro benzene ring substituents is 1. The van der Waals surface area contributed by atoms with Gasteiger partial charge in [-0.1, -0.05) is 11.6 Å². The number of benzene rings is 1. The largest absolute Gasteiger partial charge is 0.390 e. The van der Waals surface area contributed by atoms with Gasteiger partial charge < -0.3 is 5.32 Å². The van der Waals surface area contributed by atoms with Crippen LogP contribution in [0, 0.1) is 10.1 Å². The number of piperazine rings is 1. The number of nitrogens with zero attached hydrogens (tertiary/aromatic N) is 2. The zero-order valence-electron chi connectivity index (χ0n) is 11.6. The van der Waals surface area contributed by atoms with E-state index in [0.717, 1.165) is 6.07 Å². The maximum absolute atomic E-state index is 12.9. The fourth-order valence-corrected chi connectivity index (χ4v) is 2.79. The highest BCUT2D eigenvalue weighted by Crippen LogP contribution is 2.38. The Bertz CT molecular complexity index is 548. The van der Waals surface area contributed by atoms with Crippen LogP contribution in [0.1, 0.15) is 18.0 Å². The smallest absolute Gasteiger partial charge is 0.314 e. The minimum atomic E-state index is -4.39. The Balaban J connectivity index is 2.38. The van der Waals surface area contributed by atoms with Gasteiger partial charge in [-0.3, -0.25) is 15.0 Å². The number of hydrogen-bond donors (Lipinski definition) is 1. The first kappa shape index (κ1) is 17.0. The molecule has 2 rings (SSSR count). The molecule has 122 valence electrons. The highest BCUT2D eigenvalue weighted by Gasteiger charge is 2.37. The van der Waals surface area contributed by atoms with Gasteiger partial charge in [0.05, 0.1) is 11.3 Å². The SMILES string of the molecule is O=[N+]([O-])c1ccc(Cl)c([C@H](CC(F)(F)F)N2CCNCC2)c1. The number of halogens is 4. The van der Waals surface area contributed by atoms with Crippen molar-refractivity contribution in [2.45, 2.75) is 18.6 Å². The van der Waals surface area contributed by atoms with E-state index in [0.29, 0.717) is 26.2 Å². The van der Waals surface area contributed by atoms with Crippen molar-refractivity contribution in [3.05, 3.63) is 38.9 Å². The summed E-state index contributed by atoms with van der Waals surface area (Å²) >= 11 is 6.01. The van der Waals surface area contributed by atoms with Gasteiger partial charge in [0.15, 0.2) is 0 Å². The van der Waals surface area contributed by atoms with Gasteiger partial charge in [0.2, 0.25) is 0 Å². The highest BCUT2D eigenvalue weighted by molar-refractivity contribution is 6.31. The van der Waals surface area contributed by atoms with Gasteiger partial charge in [-0.05, 0) is 11.6 Å². The van der Waals surface area contributed by atoms with E-state index in [-0.39, 0.29) is 16.3 Å². The van der Waals surface area contributed by atoms with Gasteiger partial charge in [0.25, 0.3) is 5.69 Å². The van der Waals surface area contributed by atoms with Crippen LogP contribution in [0.25, 0.3) is 0 Å². The van der Waals surface area contributed by atoms with Crippen molar-refractivity contribution in [3.63, 3.8) is 0 Å². The van der Waals surface area contributed by atoms with Gasteiger partial charge in [0.1, 0.15) is 0 Å². The molecule has 0 radical (unpaired) electrons. The van der Waals surface area contributed by atoms with E-state index in [1.54, 1.807) is 4.90 Å². The summed E-state index contributed by atoms with van der Waals surface area (Å²) in [5.74, 6) is 0. The lowest BCUT2D eigenvalue weighted by atomic mass is 10.00. The van der Waals surface area contributed by atoms with E-state index in [1.165, 1.54) is 12.1 Å². The van der Waals surface area contributed by atoms with Crippen molar-refractivity contribution < 1.29 is 18.1 Å². The first-order valence-corrected chi connectivity index (χ1v) is 7.11. The molecule has 0 aromatic heterocycles. The number of hydrogen-bond acceptors (Lipinski definition) is 4. The summed E-state index contributed by atoms with van der Waals surface area (Å²) in [5, 5.41) is 14.0. The van der Waals surface area contributed by atoms with Crippen LogP contribution in [0.4, 0.5) is 18.9 Å². The zero-order valence-corrected chi connectivity index (χ0v) is 12.3. The van der Waals surface area contributed by atoms with Crippen molar-refractivity contribution in [3.8, 4) is 0 Å². The van der Waals surface area contributed by atoms with Crippen molar-refractivity contribution in [2.75, 3.05) is 26.2 Å². The Kier molecular flexibility index (Phi) is 5.25. The molecule has 9 heteroatoms. The molecule has 0 bridgehead atoms. The third-order valence-corrected chi connectivity index (χ3v) is 3.91. The molecule has 1 heterocycles. The normalized spacial score (nSPS) is 18.2. The van der Waals surface area contributed by atoms with Crippen LogP contribution in [0.3, 0.4) is 0 Å². The monoisotopic (exact) mass is 337 g/mol. The second kappa shape index (κ2) is 6.80. The molecule has 0 amide bonds. The Morgan fingerprint density at radius 2 is 2.00 bits per heavy atom. The predicted octanol–water partition coefficient (Wildman–Crippen LogP) is 3.15. The van der Waals surface area contributed by atoms with Crippen LogP contribution in [0.5, 0.6) is 0 Å². The summed E-state index contributed by atoms with van der Waals surface area (Å²) < 4.78 is 38.8. The topological polar surface area (TPSA) is 58.4 Å². The standard InChI is InChI=1S/C13H15ClF3N3O2/c14-11-2-1-9(20(21)22)7-10(11)12(8-13(15,16)17)19-5-3-18-4-6-19/h1-2,7,12,18H,3-6,8H2/t12-/m0/s1. The Morgan fingerprint density at radius 1 is 1.36 bits per heavy atom. The lowest BCUT2D eigenvalue weighted by Crippen LogP contribution is -2.46. The Morgan fingerprint density at radius 3 is 2.55 bits per heavy atom. The van der Waals surface area contributed by atoms with Gasteiger partial charge >= 0.3 is 6.18 Å². The van der Waals surface area contributed by atoms with Crippen LogP contribution >= 0.6 is 11.6 Å². The maximum atomic E-state index is 12.9. The number of nitro groups is 1. The highest BCUT2D eigenvalue weighted by atomic mass is 35.5. The molecule has 22 heavy (non-hydrogen) atoms. The average Bonchev–Trinajstić information content (AvgIpc) is 2.45. The molecule has 1 aliphatic rings. The summed E-state index contributed by atoms with van der Waals surface area (Å²) in [6, 6.07) is 2.59. The van der Waals surface area contributed by atoms with Crippen LogP contribution in [0.2, 0.25) is 5.02 Å². The molecule has 0 unspecified atom stereocenters. The minimum absolute atomic E-state index is 0.110. The quantitative estimate of drug-likeness (QED) is 0.677. The predicted molar refractivity (Wildman–Crippen MR) is 76.0 cm³/mol. The van der Waals surface area contributed by atoms with Crippen molar-refractivity contribution >= 4 is 17.3 Å². The van der Waals surface area contributed by atoms with Gasteiger partial charge in [0, 0.05) is 49.4 Å². The first-order valence-electron chi connectivity index (χ1n) is 6.73. The van der Waals surface area contributed by atoms with Crippen LogP contribution in [0.15, 0.2) is 18.2 Å². The molecule has 1 aromatic rings. The van der Waals surface area contributed by atoms with Gasteiger partial charge in [-0.15, -0.1) is 0 Å². The van der Waals surface area contributed by atoms with E-state index in [1.807, 2.05) is 0 Å². The summed E-state index contributed by atoms with van der Waals surface area (Å²) in [7, 11) is 0. The van der Waals surface area contributed by atoms with Crippen molar-refractivity contribution in [2.24, 2.45) is 0 Å². The van der Waals surface area contributed by atoms with Crippen LogP contribution in [-0.4, -0.2) is 42.2 Å². The summed E-state index contributed by atoms with van der Waals surface area (Å²) in [6.45, 7) is 2.00. The lowest BCUT2D eigenvalue weighted by Gasteiger charge is -2.36. The molecule has 0 saturated carbocycles. The average molecular weight is 338 g/mol. The molecule has 1 saturated heterocycles. The number of rotatable bonds is 4.